The minimum Gasteiger partial charge on any atom is -0.323 e. The van der Waals surface area contributed by atoms with Gasteiger partial charge in [-0.15, -0.1) is 10.2 Å². The van der Waals surface area contributed by atoms with Crippen LogP contribution in [0.3, 0.4) is 0 Å². The Morgan fingerprint density at radius 2 is 1.85 bits per heavy atom. The minimum atomic E-state index is -0.452. The number of anilines is 1. The molecule has 2 aromatic carbocycles. The molecule has 0 spiro atoms. The van der Waals surface area contributed by atoms with Gasteiger partial charge in [0.05, 0.1) is 11.4 Å². The Balaban J connectivity index is 1.71. The Bertz CT molecular complexity index is 882. The molecule has 0 aliphatic rings. The van der Waals surface area contributed by atoms with E-state index in [0.29, 0.717) is 5.16 Å². The number of halogens is 1. The average molecular weight is 370 g/mol. The van der Waals surface area contributed by atoms with Crippen LogP contribution in [0.2, 0.25) is 0 Å². The smallest absolute Gasteiger partial charge is 0.234 e. The minimum absolute atomic E-state index is 0.130. The van der Waals surface area contributed by atoms with E-state index in [9.17, 15) is 9.18 Å². The Morgan fingerprint density at radius 3 is 2.58 bits per heavy atom. The molecule has 26 heavy (non-hydrogen) atoms. The SMILES string of the molecule is CCCn1c(SCC(=O)Nc2ccccc2F)nnc1-c1ccccc1. The number of para-hydroxylation sites is 1. The largest absolute Gasteiger partial charge is 0.323 e. The second-order valence-electron chi connectivity index (χ2n) is 5.64. The third-order valence-corrected chi connectivity index (χ3v) is 4.64. The number of carbonyl (C=O) groups is 1. The monoisotopic (exact) mass is 370 g/mol. The Kier molecular flexibility index (Phi) is 6.01. The van der Waals surface area contributed by atoms with E-state index in [2.05, 4.69) is 22.4 Å². The van der Waals surface area contributed by atoms with E-state index in [1.165, 1.54) is 23.9 Å². The predicted molar refractivity (Wildman–Crippen MR) is 102 cm³/mol. The summed E-state index contributed by atoms with van der Waals surface area (Å²) in [5.41, 5.74) is 1.16. The lowest BCUT2D eigenvalue weighted by Crippen LogP contribution is -2.15. The summed E-state index contributed by atoms with van der Waals surface area (Å²) >= 11 is 1.29. The lowest BCUT2D eigenvalue weighted by molar-refractivity contribution is -0.113. The van der Waals surface area contributed by atoms with Gasteiger partial charge in [0.15, 0.2) is 11.0 Å². The molecule has 0 atom stereocenters. The zero-order chi connectivity index (χ0) is 18.4. The number of carbonyl (C=O) groups excluding carboxylic acids is 1. The van der Waals surface area contributed by atoms with Crippen molar-refractivity contribution in [1.82, 2.24) is 14.8 Å². The zero-order valence-electron chi connectivity index (χ0n) is 14.4. The van der Waals surface area contributed by atoms with Crippen molar-refractivity contribution in [2.45, 2.75) is 25.0 Å². The molecule has 0 saturated carbocycles. The van der Waals surface area contributed by atoms with Gasteiger partial charge in [-0.2, -0.15) is 0 Å². The second-order valence-corrected chi connectivity index (χ2v) is 6.58. The molecular formula is C19H19FN4OS. The highest BCUT2D eigenvalue weighted by atomic mass is 32.2. The van der Waals surface area contributed by atoms with Gasteiger partial charge in [-0.05, 0) is 18.6 Å². The summed E-state index contributed by atoms with van der Waals surface area (Å²) in [6, 6.07) is 15.9. The fourth-order valence-electron chi connectivity index (χ4n) is 2.50. The number of nitrogens with zero attached hydrogens (tertiary/aromatic N) is 3. The quantitative estimate of drug-likeness (QED) is 0.633. The van der Waals surface area contributed by atoms with Gasteiger partial charge in [0.1, 0.15) is 5.82 Å². The highest BCUT2D eigenvalue weighted by Gasteiger charge is 2.15. The van der Waals surface area contributed by atoms with Gasteiger partial charge in [-0.3, -0.25) is 4.79 Å². The van der Waals surface area contributed by atoms with Crippen LogP contribution in [0.5, 0.6) is 0 Å². The first-order chi connectivity index (χ1) is 12.7. The van der Waals surface area contributed by atoms with Crippen LogP contribution in [0.25, 0.3) is 11.4 Å². The van der Waals surface area contributed by atoms with Gasteiger partial charge in [0, 0.05) is 12.1 Å². The molecule has 0 saturated heterocycles. The third-order valence-electron chi connectivity index (χ3n) is 3.68. The lowest BCUT2D eigenvalue weighted by atomic mass is 10.2. The second kappa shape index (κ2) is 8.62. The fourth-order valence-corrected chi connectivity index (χ4v) is 3.26. The molecule has 0 aliphatic heterocycles. The topological polar surface area (TPSA) is 59.8 Å². The number of hydrogen-bond acceptors (Lipinski definition) is 4. The number of nitrogens with one attached hydrogen (secondary N) is 1. The molecule has 0 radical (unpaired) electrons. The van der Waals surface area contributed by atoms with Crippen LogP contribution in [-0.4, -0.2) is 26.4 Å². The van der Waals surface area contributed by atoms with E-state index in [-0.39, 0.29) is 17.3 Å². The van der Waals surface area contributed by atoms with Crippen molar-refractivity contribution in [3.05, 3.63) is 60.4 Å². The maximum atomic E-state index is 13.6. The van der Waals surface area contributed by atoms with Crippen LogP contribution in [0.1, 0.15) is 13.3 Å². The van der Waals surface area contributed by atoms with Crippen molar-refractivity contribution in [3.8, 4) is 11.4 Å². The highest BCUT2D eigenvalue weighted by Crippen LogP contribution is 2.24. The van der Waals surface area contributed by atoms with Gasteiger partial charge in [0.2, 0.25) is 5.91 Å². The van der Waals surface area contributed by atoms with Crippen molar-refractivity contribution >= 4 is 23.4 Å². The summed E-state index contributed by atoms with van der Waals surface area (Å²) in [6.07, 6.45) is 0.923. The first kappa shape index (κ1) is 18.1. The maximum Gasteiger partial charge on any atom is 0.234 e. The van der Waals surface area contributed by atoms with Crippen LogP contribution in [-0.2, 0) is 11.3 Å². The summed E-state index contributed by atoms with van der Waals surface area (Å²) in [4.78, 5) is 12.1. The van der Waals surface area contributed by atoms with E-state index >= 15 is 0 Å². The molecule has 1 N–H and O–H groups in total. The van der Waals surface area contributed by atoms with Crippen molar-refractivity contribution in [1.29, 1.82) is 0 Å². The molecule has 1 aromatic heterocycles. The molecule has 0 bridgehead atoms. The molecule has 7 heteroatoms. The summed E-state index contributed by atoms with van der Waals surface area (Å²) in [5, 5.41) is 11.8. The Morgan fingerprint density at radius 1 is 1.12 bits per heavy atom. The van der Waals surface area contributed by atoms with E-state index in [1.807, 2.05) is 34.9 Å². The van der Waals surface area contributed by atoms with E-state index < -0.39 is 5.82 Å². The molecular weight excluding hydrogens is 351 g/mol. The Labute approximate surface area is 155 Å². The molecule has 0 fully saturated rings. The van der Waals surface area contributed by atoms with Gasteiger partial charge < -0.3 is 9.88 Å². The zero-order valence-corrected chi connectivity index (χ0v) is 15.2. The van der Waals surface area contributed by atoms with Gasteiger partial charge in [0.25, 0.3) is 0 Å². The summed E-state index contributed by atoms with van der Waals surface area (Å²) in [7, 11) is 0. The van der Waals surface area contributed by atoms with Crippen molar-refractivity contribution in [2.24, 2.45) is 0 Å². The fraction of sp³-hybridized carbons (Fsp3) is 0.211. The number of aromatic nitrogens is 3. The molecule has 3 rings (SSSR count). The molecule has 134 valence electrons. The van der Waals surface area contributed by atoms with Crippen LogP contribution in [0.15, 0.2) is 59.8 Å². The summed E-state index contributed by atoms with van der Waals surface area (Å²) < 4.78 is 15.6. The molecule has 5 nitrogen and oxygen atoms in total. The molecule has 1 heterocycles. The number of benzene rings is 2. The first-order valence-electron chi connectivity index (χ1n) is 8.35. The first-order valence-corrected chi connectivity index (χ1v) is 9.33. The summed E-state index contributed by atoms with van der Waals surface area (Å²) in [5.74, 6) is 0.175. The van der Waals surface area contributed by atoms with Gasteiger partial charge in [-0.1, -0.05) is 61.2 Å². The predicted octanol–water partition coefficient (Wildman–Crippen LogP) is 4.23. The van der Waals surface area contributed by atoms with E-state index in [1.54, 1.807) is 12.1 Å². The summed E-state index contributed by atoms with van der Waals surface area (Å²) in [6.45, 7) is 2.84. The number of thioether (sulfide) groups is 1. The van der Waals surface area contributed by atoms with Crippen LogP contribution in [0.4, 0.5) is 10.1 Å². The maximum absolute atomic E-state index is 13.6. The molecule has 1 amide bonds. The highest BCUT2D eigenvalue weighted by molar-refractivity contribution is 7.99. The molecule has 3 aromatic rings. The number of rotatable bonds is 7. The number of hydrogen-bond donors (Lipinski definition) is 1. The number of amides is 1. The van der Waals surface area contributed by atoms with E-state index in [0.717, 1.165) is 24.4 Å². The normalized spacial score (nSPS) is 10.7. The average Bonchev–Trinajstić information content (AvgIpc) is 3.06. The standard InChI is InChI=1S/C19H19FN4OS/c1-2-12-24-18(14-8-4-3-5-9-14)22-23-19(24)26-13-17(25)21-16-11-7-6-10-15(16)20/h3-11H,2,12-13H2,1H3,(H,21,25). The third kappa shape index (κ3) is 4.29. The van der Waals surface area contributed by atoms with Gasteiger partial charge in [-0.25, -0.2) is 4.39 Å². The van der Waals surface area contributed by atoms with Crippen LogP contribution >= 0.6 is 11.8 Å². The van der Waals surface area contributed by atoms with E-state index in [4.69, 9.17) is 0 Å². The molecule has 0 aliphatic carbocycles. The lowest BCUT2D eigenvalue weighted by Gasteiger charge is -2.09. The van der Waals surface area contributed by atoms with Crippen molar-refractivity contribution in [2.75, 3.05) is 11.1 Å². The Hall–Kier alpha value is -2.67. The van der Waals surface area contributed by atoms with Gasteiger partial charge >= 0.3 is 0 Å². The van der Waals surface area contributed by atoms with Crippen LogP contribution in [0, 0.1) is 5.82 Å². The van der Waals surface area contributed by atoms with Crippen molar-refractivity contribution in [3.63, 3.8) is 0 Å². The van der Waals surface area contributed by atoms with Crippen molar-refractivity contribution < 1.29 is 9.18 Å². The molecule has 0 unspecified atom stereocenters. The van der Waals surface area contributed by atoms with Crippen LogP contribution < -0.4 is 5.32 Å².